The summed E-state index contributed by atoms with van der Waals surface area (Å²) >= 11 is 0. The van der Waals surface area contributed by atoms with E-state index in [0.29, 0.717) is 6.54 Å². The quantitative estimate of drug-likeness (QED) is 0.674. The van der Waals surface area contributed by atoms with Crippen LogP contribution in [0, 0.1) is 0 Å². The highest BCUT2D eigenvalue weighted by molar-refractivity contribution is 5.77. The van der Waals surface area contributed by atoms with Crippen molar-refractivity contribution in [2.24, 2.45) is 12.8 Å². The zero-order valence-corrected chi connectivity index (χ0v) is 7.90. The lowest BCUT2D eigenvalue weighted by Gasteiger charge is -2.14. The predicted molar refractivity (Wildman–Crippen MR) is 48.7 cm³/mol. The van der Waals surface area contributed by atoms with Gasteiger partial charge in [0.2, 0.25) is 5.91 Å². The lowest BCUT2D eigenvalue weighted by Crippen LogP contribution is -2.31. The molecule has 72 valence electrons. The number of carbonyl (C=O) groups excluding carboxylic acids is 1. The largest absolute Gasteiger partial charge is 0.340 e. The van der Waals surface area contributed by atoms with Gasteiger partial charge in [-0.25, -0.2) is 0 Å². The van der Waals surface area contributed by atoms with Gasteiger partial charge in [0.05, 0.1) is 12.7 Å². The Morgan fingerprint density at radius 3 is 2.92 bits per heavy atom. The smallest absolute Gasteiger partial charge is 0.236 e. The molecular formula is C8H14N4O. The second-order valence-electron chi connectivity index (χ2n) is 2.98. The van der Waals surface area contributed by atoms with Crippen LogP contribution in [0.4, 0.5) is 0 Å². The highest BCUT2D eigenvalue weighted by Gasteiger charge is 2.07. The second kappa shape index (κ2) is 4.04. The van der Waals surface area contributed by atoms with E-state index < -0.39 is 0 Å². The molecule has 0 aliphatic rings. The Morgan fingerprint density at radius 1 is 1.77 bits per heavy atom. The van der Waals surface area contributed by atoms with Crippen LogP contribution in [0.3, 0.4) is 0 Å². The first-order valence-corrected chi connectivity index (χ1v) is 4.05. The topological polar surface area (TPSA) is 64.2 Å². The molecule has 0 aromatic carbocycles. The van der Waals surface area contributed by atoms with Crippen LogP contribution in [-0.4, -0.2) is 34.2 Å². The summed E-state index contributed by atoms with van der Waals surface area (Å²) in [7, 11) is 3.57. The van der Waals surface area contributed by atoms with Crippen molar-refractivity contribution in [2.45, 2.75) is 6.54 Å². The van der Waals surface area contributed by atoms with Crippen LogP contribution < -0.4 is 5.73 Å². The molecule has 1 rings (SSSR count). The van der Waals surface area contributed by atoms with Crippen LogP contribution in [0.15, 0.2) is 12.4 Å². The first kappa shape index (κ1) is 9.73. The standard InChI is InChI=1S/C8H14N4O/c1-11(8(13)3-9)5-7-4-10-12(2)6-7/h4,6H,3,5,9H2,1-2H3. The van der Waals surface area contributed by atoms with Crippen LogP contribution in [0.1, 0.15) is 5.56 Å². The van der Waals surface area contributed by atoms with E-state index in [4.69, 9.17) is 5.73 Å². The van der Waals surface area contributed by atoms with Crippen molar-refractivity contribution in [3.8, 4) is 0 Å². The minimum atomic E-state index is -0.0659. The van der Waals surface area contributed by atoms with Crippen LogP contribution in [0.5, 0.6) is 0 Å². The molecule has 13 heavy (non-hydrogen) atoms. The molecule has 0 radical (unpaired) electrons. The average molecular weight is 182 g/mol. The van der Waals surface area contributed by atoms with Crippen molar-refractivity contribution < 1.29 is 4.79 Å². The predicted octanol–water partition coefficient (Wildman–Crippen LogP) is -0.663. The molecule has 0 aliphatic heterocycles. The van der Waals surface area contributed by atoms with Gasteiger partial charge in [-0.15, -0.1) is 0 Å². The number of nitrogens with zero attached hydrogens (tertiary/aromatic N) is 3. The van der Waals surface area contributed by atoms with Gasteiger partial charge >= 0.3 is 0 Å². The molecule has 1 aromatic rings. The van der Waals surface area contributed by atoms with Gasteiger partial charge in [0, 0.05) is 32.4 Å². The van der Waals surface area contributed by atoms with Gasteiger partial charge in [-0.1, -0.05) is 0 Å². The number of aryl methyl sites for hydroxylation is 1. The van der Waals surface area contributed by atoms with E-state index in [1.165, 1.54) is 0 Å². The van der Waals surface area contributed by atoms with Gasteiger partial charge in [0.25, 0.3) is 0 Å². The van der Waals surface area contributed by atoms with Crippen molar-refractivity contribution in [3.63, 3.8) is 0 Å². The molecule has 0 saturated heterocycles. The second-order valence-corrected chi connectivity index (χ2v) is 2.98. The minimum absolute atomic E-state index is 0.0523. The van der Waals surface area contributed by atoms with Gasteiger partial charge in [0.15, 0.2) is 0 Å². The van der Waals surface area contributed by atoms with Crippen molar-refractivity contribution in [1.29, 1.82) is 0 Å². The number of aromatic nitrogens is 2. The molecule has 0 unspecified atom stereocenters. The molecule has 0 spiro atoms. The summed E-state index contributed by atoms with van der Waals surface area (Å²) in [5.74, 6) is -0.0659. The Bertz CT molecular complexity index is 294. The van der Waals surface area contributed by atoms with Gasteiger partial charge in [0.1, 0.15) is 0 Å². The van der Waals surface area contributed by atoms with Crippen LogP contribution >= 0.6 is 0 Å². The van der Waals surface area contributed by atoms with E-state index in [0.717, 1.165) is 5.56 Å². The summed E-state index contributed by atoms with van der Waals surface area (Å²) < 4.78 is 1.70. The van der Waals surface area contributed by atoms with Crippen LogP contribution in [0.2, 0.25) is 0 Å². The molecule has 1 heterocycles. The van der Waals surface area contributed by atoms with Crippen molar-refractivity contribution in [3.05, 3.63) is 18.0 Å². The summed E-state index contributed by atoms with van der Waals surface area (Å²) in [6, 6.07) is 0. The summed E-state index contributed by atoms with van der Waals surface area (Å²) in [6.07, 6.45) is 3.61. The Labute approximate surface area is 77.1 Å². The van der Waals surface area contributed by atoms with E-state index >= 15 is 0 Å². The number of amides is 1. The van der Waals surface area contributed by atoms with E-state index in [1.807, 2.05) is 13.2 Å². The zero-order valence-electron chi connectivity index (χ0n) is 7.90. The molecule has 0 fully saturated rings. The van der Waals surface area contributed by atoms with E-state index in [2.05, 4.69) is 5.10 Å². The van der Waals surface area contributed by atoms with Gasteiger partial charge in [-0.05, 0) is 0 Å². The average Bonchev–Trinajstić information content (AvgIpc) is 2.49. The first-order valence-electron chi connectivity index (χ1n) is 4.05. The molecule has 0 saturated carbocycles. The molecule has 1 amide bonds. The Hall–Kier alpha value is -1.36. The number of carbonyl (C=O) groups is 1. The van der Waals surface area contributed by atoms with Crippen LogP contribution in [-0.2, 0) is 18.4 Å². The first-order chi connectivity index (χ1) is 6.13. The van der Waals surface area contributed by atoms with Crippen molar-refractivity contribution >= 4 is 5.91 Å². The zero-order chi connectivity index (χ0) is 9.84. The molecule has 5 nitrogen and oxygen atoms in total. The lowest BCUT2D eigenvalue weighted by atomic mass is 10.3. The highest BCUT2D eigenvalue weighted by Crippen LogP contribution is 2.00. The number of nitrogens with two attached hydrogens (primary N) is 1. The minimum Gasteiger partial charge on any atom is -0.340 e. The maximum atomic E-state index is 11.1. The molecule has 1 aromatic heterocycles. The summed E-state index contributed by atoms with van der Waals surface area (Å²) in [4.78, 5) is 12.7. The molecule has 0 atom stereocenters. The maximum absolute atomic E-state index is 11.1. The maximum Gasteiger partial charge on any atom is 0.236 e. The fraction of sp³-hybridized carbons (Fsp3) is 0.500. The molecule has 0 bridgehead atoms. The van der Waals surface area contributed by atoms with E-state index in [9.17, 15) is 4.79 Å². The van der Waals surface area contributed by atoms with Gasteiger partial charge < -0.3 is 10.6 Å². The van der Waals surface area contributed by atoms with Gasteiger partial charge in [-0.2, -0.15) is 5.10 Å². The number of rotatable bonds is 3. The fourth-order valence-electron chi connectivity index (χ4n) is 1.07. The third kappa shape index (κ3) is 2.55. The SMILES string of the molecule is CN(Cc1cnn(C)c1)C(=O)CN. The number of hydrogen-bond acceptors (Lipinski definition) is 3. The molecular weight excluding hydrogens is 168 g/mol. The monoisotopic (exact) mass is 182 g/mol. The Kier molecular flexibility index (Phi) is 3.02. The van der Waals surface area contributed by atoms with Crippen LogP contribution in [0.25, 0.3) is 0 Å². The summed E-state index contributed by atoms with van der Waals surface area (Å²) in [5.41, 5.74) is 6.23. The van der Waals surface area contributed by atoms with Crippen molar-refractivity contribution in [2.75, 3.05) is 13.6 Å². The highest BCUT2D eigenvalue weighted by atomic mass is 16.2. The molecule has 2 N–H and O–H groups in total. The molecule has 5 heteroatoms. The summed E-state index contributed by atoms with van der Waals surface area (Å²) in [6.45, 7) is 0.612. The Morgan fingerprint density at radius 2 is 2.46 bits per heavy atom. The summed E-state index contributed by atoms with van der Waals surface area (Å²) in [5, 5.41) is 4.00. The number of likely N-dealkylation sites (N-methyl/N-ethyl adjacent to an activating group) is 1. The Balaban J connectivity index is 2.54. The normalized spacial score (nSPS) is 10.1. The third-order valence-electron chi connectivity index (χ3n) is 1.78. The van der Waals surface area contributed by atoms with Crippen molar-refractivity contribution in [1.82, 2.24) is 14.7 Å². The molecule has 0 aliphatic carbocycles. The third-order valence-corrected chi connectivity index (χ3v) is 1.78. The number of hydrogen-bond donors (Lipinski definition) is 1. The van der Waals surface area contributed by atoms with E-state index in [-0.39, 0.29) is 12.5 Å². The fourth-order valence-corrected chi connectivity index (χ4v) is 1.07. The van der Waals surface area contributed by atoms with Gasteiger partial charge in [-0.3, -0.25) is 9.48 Å². The van der Waals surface area contributed by atoms with E-state index in [1.54, 1.807) is 22.8 Å². The lowest BCUT2D eigenvalue weighted by molar-refractivity contribution is -0.128.